The third-order valence-electron chi connectivity index (χ3n) is 3.25. The second-order valence-electron chi connectivity index (χ2n) is 4.35. The molecule has 0 aliphatic carbocycles. The van der Waals surface area contributed by atoms with Crippen LogP contribution < -0.4 is 10.6 Å². The van der Waals surface area contributed by atoms with Gasteiger partial charge in [0.15, 0.2) is 0 Å². The van der Waals surface area contributed by atoms with Crippen molar-refractivity contribution in [2.75, 3.05) is 43.9 Å². The third kappa shape index (κ3) is 2.28. The Balaban J connectivity index is 2.08. The van der Waals surface area contributed by atoms with Crippen molar-refractivity contribution < 1.29 is 5.11 Å². The molecule has 0 bridgehead atoms. The SMILES string of the molecule is CN1CCN(c2ccc(N)cc2)C[C@@H]1CO. The number of nitrogens with two attached hydrogens (primary N) is 1. The van der Waals surface area contributed by atoms with Crippen molar-refractivity contribution in [3.05, 3.63) is 24.3 Å². The van der Waals surface area contributed by atoms with Crippen LogP contribution in [0.4, 0.5) is 11.4 Å². The number of anilines is 2. The first-order chi connectivity index (χ1) is 7.70. The van der Waals surface area contributed by atoms with E-state index in [1.807, 2.05) is 24.3 Å². The molecule has 1 aliphatic rings. The van der Waals surface area contributed by atoms with Crippen LogP contribution in [0.25, 0.3) is 0 Å². The highest BCUT2D eigenvalue weighted by molar-refractivity contribution is 5.53. The minimum atomic E-state index is 0.210. The number of aliphatic hydroxyl groups excluding tert-OH is 1. The summed E-state index contributed by atoms with van der Waals surface area (Å²) in [7, 11) is 2.06. The van der Waals surface area contributed by atoms with Crippen LogP contribution in [-0.2, 0) is 0 Å². The monoisotopic (exact) mass is 221 g/mol. The van der Waals surface area contributed by atoms with Gasteiger partial charge >= 0.3 is 0 Å². The highest BCUT2D eigenvalue weighted by Crippen LogP contribution is 2.19. The van der Waals surface area contributed by atoms with E-state index in [1.54, 1.807) is 0 Å². The smallest absolute Gasteiger partial charge is 0.0604 e. The first-order valence-electron chi connectivity index (χ1n) is 5.62. The highest BCUT2D eigenvalue weighted by Gasteiger charge is 2.23. The number of benzene rings is 1. The van der Waals surface area contributed by atoms with E-state index in [-0.39, 0.29) is 12.6 Å². The predicted octanol–water partition coefficient (Wildman–Crippen LogP) is 0.382. The quantitative estimate of drug-likeness (QED) is 0.709. The van der Waals surface area contributed by atoms with Crippen LogP contribution in [0, 0.1) is 0 Å². The van der Waals surface area contributed by atoms with Gasteiger partial charge in [-0.3, -0.25) is 4.90 Å². The molecule has 2 rings (SSSR count). The molecule has 0 radical (unpaired) electrons. The number of likely N-dealkylation sites (N-methyl/N-ethyl adjacent to an activating group) is 1. The summed E-state index contributed by atoms with van der Waals surface area (Å²) in [6, 6.07) is 8.14. The number of nitrogens with zero attached hydrogens (tertiary/aromatic N) is 2. The van der Waals surface area contributed by atoms with Gasteiger partial charge < -0.3 is 15.7 Å². The lowest BCUT2D eigenvalue weighted by molar-refractivity contribution is 0.135. The summed E-state index contributed by atoms with van der Waals surface area (Å²) in [5.41, 5.74) is 7.63. The molecule has 1 aliphatic heterocycles. The van der Waals surface area contributed by atoms with Crippen molar-refractivity contribution in [2.45, 2.75) is 6.04 Å². The Morgan fingerprint density at radius 3 is 2.62 bits per heavy atom. The lowest BCUT2D eigenvalue weighted by Crippen LogP contribution is -2.53. The minimum absolute atomic E-state index is 0.210. The lowest BCUT2D eigenvalue weighted by Gasteiger charge is -2.39. The van der Waals surface area contributed by atoms with Crippen LogP contribution in [0.3, 0.4) is 0 Å². The lowest BCUT2D eigenvalue weighted by atomic mass is 10.1. The molecule has 4 heteroatoms. The number of rotatable bonds is 2. The molecule has 1 saturated heterocycles. The average molecular weight is 221 g/mol. The summed E-state index contributed by atoms with van der Waals surface area (Å²) < 4.78 is 0. The van der Waals surface area contributed by atoms with E-state index >= 15 is 0 Å². The molecular formula is C12H19N3O. The zero-order valence-electron chi connectivity index (χ0n) is 9.63. The number of nitrogen functional groups attached to an aromatic ring is 1. The van der Waals surface area contributed by atoms with Crippen LogP contribution in [0.5, 0.6) is 0 Å². The maximum atomic E-state index is 9.28. The summed E-state index contributed by atoms with van der Waals surface area (Å²) in [6.07, 6.45) is 0. The van der Waals surface area contributed by atoms with E-state index in [4.69, 9.17) is 5.73 Å². The topological polar surface area (TPSA) is 52.7 Å². The maximum absolute atomic E-state index is 9.28. The summed E-state index contributed by atoms with van der Waals surface area (Å²) >= 11 is 0. The molecule has 16 heavy (non-hydrogen) atoms. The summed E-state index contributed by atoms with van der Waals surface area (Å²) in [5, 5.41) is 9.28. The van der Waals surface area contributed by atoms with E-state index in [2.05, 4.69) is 16.8 Å². The fourth-order valence-electron chi connectivity index (χ4n) is 2.06. The van der Waals surface area contributed by atoms with Gasteiger partial charge in [-0.25, -0.2) is 0 Å². The number of aliphatic hydroxyl groups is 1. The molecule has 1 atom stereocenters. The standard InChI is InChI=1S/C12H19N3O/c1-14-6-7-15(8-12(14)9-16)11-4-2-10(13)3-5-11/h2-5,12,16H,6-9,13H2,1H3/t12-/m1/s1. The first-order valence-corrected chi connectivity index (χ1v) is 5.62. The van der Waals surface area contributed by atoms with Gasteiger partial charge in [0.05, 0.1) is 12.6 Å². The van der Waals surface area contributed by atoms with Crippen molar-refractivity contribution in [3.63, 3.8) is 0 Å². The maximum Gasteiger partial charge on any atom is 0.0604 e. The summed E-state index contributed by atoms with van der Waals surface area (Å²) in [5.74, 6) is 0. The van der Waals surface area contributed by atoms with E-state index < -0.39 is 0 Å². The molecule has 0 saturated carbocycles. The van der Waals surface area contributed by atoms with Crippen molar-refractivity contribution in [1.82, 2.24) is 4.90 Å². The van der Waals surface area contributed by atoms with Gasteiger partial charge in [-0.15, -0.1) is 0 Å². The van der Waals surface area contributed by atoms with Gasteiger partial charge in [-0.05, 0) is 31.3 Å². The Morgan fingerprint density at radius 1 is 1.31 bits per heavy atom. The molecule has 4 nitrogen and oxygen atoms in total. The Kier molecular flexibility index (Phi) is 3.31. The zero-order valence-corrected chi connectivity index (χ0v) is 9.63. The normalized spacial score (nSPS) is 22.4. The predicted molar refractivity (Wildman–Crippen MR) is 66.6 cm³/mol. The minimum Gasteiger partial charge on any atom is -0.399 e. The molecule has 3 N–H and O–H groups in total. The molecule has 0 aromatic heterocycles. The van der Waals surface area contributed by atoms with Gasteiger partial charge in [0.1, 0.15) is 0 Å². The Labute approximate surface area is 96.3 Å². The van der Waals surface area contributed by atoms with Crippen LogP contribution in [0.1, 0.15) is 0 Å². The van der Waals surface area contributed by atoms with Crippen LogP contribution in [0.15, 0.2) is 24.3 Å². The molecule has 1 heterocycles. The number of hydrogen-bond donors (Lipinski definition) is 2. The van der Waals surface area contributed by atoms with E-state index in [1.165, 1.54) is 5.69 Å². The summed E-state index contributed by atoms with van der Waals surface area (Å²) in [6.45, 7) is 3.06. The van der Waals surface area contributed by atoms with E-state index in [0.29, 0.717) is 0 Å². The molecule has 0 amide bonds. The molecule has 1 aromatic carbocycles. The van der Waals surface area contributed by atoms with Gasteiger partial charge in [0.25, 0.3) is 0 Å². The second kappa shape index (κ2) is 4.72. The van der Waals surface area contributed by atoms with Crippen molar-refractivity contribution in [1.29, 1.82) is 0 Å². The second-order valence-corrected chi connectivity index (χ2v) is 4.35. The van der Waals surface area contributed by atoms with E-state index in [0.717, 1.165) is 25.3 Å². The first kappa shape index (κ1) is 11.2. The van der Waals surface area contributed by atoms with Gasteiger partial charge in [0, 0.05) is 31.0 Å². The molecular weight excluding hydrogens is 202 g/mol. The van der Waals surface area contributed by atoms with Crippen molar-refractivity contribution in [2.24, 2.45) is 0 Å². The van der Waals surface area contributed by atoms with Crippen molar-refractivity contribution in [3.8, 4) is 0 Å². The molecule has 1 aromatic rings. The Bertz CT molecular complexity index is 339. The fraction of sp³-hybridized carbons (Fsp3) is 0.500. The molecule has 1 fully saturated rings. The fourth-order valence-corrected chi connectivity index (χ4v) is 2.06. The van der Waals surface area contributed by atoms with Gasteiger partial charge in [0.2, 0.25) is 0 Å². The summed E-state index contributed by atoms with van der Waals surface area (Å²) in [4.78, 5) is 4.49. The van der Waals surface area contributed by atoms with Crippen LogP contribution in [-0.4, -0.2) is 49.3 Å². The zero-order chi connectivity index (χ0) is 11.5. The van der Waals surface area contributed by atoms with Gasteiger partial charge in [-0.1, -0.05) is 0 Å². The highest BCUT2D eigenvalue weighted by atomic mass is 16.3. The molecule has 0 spiro atoms. The largest absolute Gasteiger partial charge is 0.399 e. The van der Waals surface area contributed by atoms with Crippen molar-refractivity contribution >= 4 is 11.4 Å². The Hall–Kier alpha value is -1.26. The third-order valence-corrected chi connectivity index (χ3v) is 3.25. The number of hydrogen-bond acceptors (Lipinski definition) is 4. The van der Waals surface area contributed by atoms with E-state index in [9.17, 15) is 5.11 Å². The van der Waals surface area contributed by atoms with Gasteiger partial charge in [-0.2, -0.15) is 0 Å². The van der Waals surface area contributed by atoms with Crippen LogP contribution in [0.2, 0.25) is 0 Å². The average Bonchev–Trinajstić information content (AvgIpc) is 2.31. The molecule has 88 valence electrons. The number of piperazine rings is 1. The molecule has 0 unspecified atom stereocenters. The Morgan fingerprint density at radius 2 is 2.00 bits per heavy atom. The van der Waals surface area contributed by atoms with Crippen LogP contribution >= 0.6 is 0 Å².